The predicted octanol–water partition coefficient (Wildman–Crippen LogP) is 3.79. The van der Waals surface area contributed by atoms with E-state index in [1.54, 1.807) is 0 Å². The minimum Gasteiger partial charge on any atom is -0.493 e. The van der Waals surface area contributed by atoms with Crippen LogP contribution in [0.5, 0.6) is 5.75 Å². The first-order valence-corrected chi connectivity index (χ1v) is 9.87. The maximum absolute atomic E-state index is 14.0. The molecule has 0 fully saturated rings. The molecule has 3 aromatic rings. The molecular weight excluding hydrogens is 426 g/mol. The van der Waals surface area contributed by atoms with E-state index in [9.17, 15) is 13.6 Å². The average molecular weight is 444 g/mol. The third-order valence-corrected chi connectivity index (χ3v) is 5.42. The van der Waals surface area contributed by atoms with Crippen molar-refractivity contribution in [1.29, 1.82) is 5.41 Å². The molecule has 0 saturated carbocycles. The van der Waals surface area contributed by atoms with Crippen LogP contribution in [0.15, 0.2) is 48.7 Å². The largest absolute Gasteiger partial charge is 0.493 e. The first-order valence-electron chi connectivity index (χ1n) is 9.50. The minimum absolute atomic E-state index is 0.0224. The Morgan fingerprint density at radius 3 is 2.71 bits per heavy atom. The molecule has 2 heterocycles. The lowest BCUT2D eigenvalue weighted by Gasteiger charge is -2.26. The van der Waals surface area contributed by atoms with Gasteiger partial charge in [-0.05, 0) is 18.2 Å². The number of nitrogens with zero attached hydrogens (tertiary/aromatic N) is 1. The number of pyridine rings is 1. The van der Waals surface area contributed by atoms with E-state index in [2.05, 4.69) is 10.3 Å². The molecule has 31 heavy (non-hydrogen) atoms. The maximum atomic E-state index is 14.0. The molecule has 1 aliphatic heterocycles. The van der Waals surface area contributed by atoms with Crippen LogP contribution >= 0.6 is 11.6 Å². The van der Waals surface area contributed by atoms with Gasteiger partial charge in [0.25, 0.3) is 5.91 Å². The van der Waals surface area contributed by atoms with Gasteiger partial charge in [-0.2, -0.15) is 0 Å². The number of nitrogens with one attached hydrogen (secondary N) is 2. The molecule has 158 valence electrons. The number of fused-ring (bicyclic) bond motifs is 1. The molecule has 4 N–H and O–H groups in total. The third-order valence-electron chi connectivity index (χ3n) is 5.02. The summed E-state index contributed by atoms with van der Waals surface area (Å²) < 4.78 is 33.6. The summed E-state index contributed by atoms with van der Waals surface area (Å²) in [6, 6.07) is 10.7. The summed E-state index contributed by atoms with van der Waals surface area (Å²) in [6.45, 7) is 0.460. The number of para-hydroxylation sites is 2. The second-order valence-corrected chi connectivity index (χ2v) is 7.29. The van der Waals surface area contributed by atoms with Gasteiger partial charge in [-0.15, -0.1) is 0 Å². The molecule has 1 atom stereocenters. The minimum atomic E-state index is -0.770. The van der Waals surface area contributed by atoms with Gasteiger partial charge in [0.1, 0.15) is 5.75 Å². The van der Waals surface area contributed by atoms with Gasteiger partial charge in [-0.3, -0.25) is 10.1 Å². The molecule has 1 aliphatic rings. The highest BCUT2D eigenvalue weighted by Crippen LogP contribution is 2.32. The number of carbonyl (C=O) groups excluding carboxylic acids is 1. The topological polar surface area (TPSA) is 91.7 Å². The smallest absolute Gasteiger partial charge is 0.254 e. The van der Waals surface area contributed by atoms with Crippen LogP contribution in [0.25, 0.3) is 0 Å². The zero-order valence-corrected chi connectivity index (χ0v) is 16.9. The van der Waals surface area contributed by atoms with Crippen molar-refractivity contribution in [2.75, 3.05) is 6.61 Å². The predicted molar refractivity (Wildman–Crippen MR) is 111 cm³/mol. The van der Waals surface area contributed by atoms with Crippen molar-refractivity contribution >= 4 is 35.2 Å². The van der Waals surface area contributed by atoms with Crippen molar-refractivity contribution in [3.8, 4) is 5.75 Å². The fraction of sp³-hybridized carbons (Fsp3) is 0.136. The van der Waals surface area contributed by atoms with Gasteiger partial charge in [-0.1, -0.05) is 35.9 Å². The number of amides is 1. The number of quaternary nitrogens is 1. The normalized spacial score (nSPS) is 15.0. The standard InChI is InChI=1S/C22H17ClF2N4O2/c23-19-13(10-26)21(29-20-15(24)5-3-6-16(20)25)27-11-14(19)22(30)28-17-8-9-31-18-7-2-1-4-12(17)18/h1-7,10-11,17,26H,8-9H2,(H,27,29)(H,28,30)/p+1/t17-/m0/s1. The quantitative estimate of drug-likeness (QED) is 0.414. The van der Waals surface area contributed by atoms with Crippen molar-refractivity contribution in [3.05, 3.63) is 82.0 Å². The number of rotatable bonds is 5. The van der Waals surface area contributed by atoms with E-state index in [4.69, 9.17) is 21.7 Å². The monoisotopic (exact) mass is 443 g/mol. The first kappa shape index (κ1) is 20.9. The van der Waals surface area contributed by atoms with E-state index in [0.29, 0.717) is 18.8 Å². The molecule has 6 nitrogen and oxygen atoms in total. The maximum Gasteiger partial charge on any atom is 0.254 e. The average Bonchev–Trinajstić information content (AvgIpc) is 2.76. The third kappa shape index (κ3) is 4.12. The first-order chi connectivity index (χ1) is 15.0. The van der Waals surface area contributed by atoms with Crippen molar-refractivity contribution in [1.82, 2.24) is 10.3 Å². The Morgan fingerprint density at radius 2 is 1.97 bits per heavy atom. The van der Waals surface area contributed by atoms with E-state index >= 15 is 0 Å². The molecule has 0 bridgehead atoms. The van der Waals surface area contributed by atoms with E-state index < -0.39 is 17.5 Å². The Bertz CT molecular complexity index is 1150. The van der Waals surface area contributed by atoms with Crippen LogP contribution in [0.2, 0.25) is 5.02 Å². The summed E-state index contributed by atoms with van der Waals surface area (Å²) in [6.07, 6.45) is 2.73. The summed E-state index contributed by atoms with van der Waals surface area (Å²) in [7, 11) is 0. The Labute approximate surface area is 181 Å². The Kier molecular flexibility index (Phi) is 5.92. The molecular formula is C22H18ClF2N4O2+. The van der Waals surface area contributed by atoms with Gasteiger partial charge in [0.05, 0.1) is 28.8 Å². The zero-order chi connectivity index (χ0) is 22.0. The molecule has 0 saturated heterocycles. The molecule has 0 unspecified atom stereocenters. The summed E-state index contributed by atoms with van der Waals surface area (Å²) >= 11 is 6.39. The highest BCUT2D eigenvalue weighted by Gasteiger charge is 2.26. The van der Waals surface area contributed by atoms with Gasteiger partial charge >= 0.3 is 0 Å². The number of aromatic nitrogens is 1. The number of nitrogens with two attached hydrogens (primary N) is 1. The Hall–Kier alpha value is -3.36. The van der Waals surface area contributed by atoms with Crippen molar-refractivity contribution in [2.45, 2.75) is 12.5 Å². The van der Waals surface area contributed by atoms with Crippen LogP contribution < -0.4 is 15.4 Å². The van der Waals surface area contributed by atoms with Gasteiger partial charge in [-0.25, -0.2) is 13.8 Å². The van der Waals surface area contributed by atoms with E-state index in [0.717, 1.165) is 29.2 Å². The number of hydrogen-bond donors (Lipinski definition) is 3. The lowest BCUT2D eigenvalue weighted by molar-refractivity contribution is -0.487. The van der Waals surface area contributed by atoms with Gasteiger partial charge < -0.3 is 15.5 Å². The van der Waals surface area contributed by atoms with Crippen LogP contribution in [-0.2, 0) is 0 Å². The van der Waals surface area contributed by atoms with Crippen LogP contribution in [0.3, 0.4) is 0 Å². The number of hydrogen-bond acceptors (Lipinski definition) is 4. The summed E-state index contributed by atoms with van der Waals surface area (Å²) in [4.78, 5) is 17.0. The highest BCUT2D eigenvalue weighted by molar-refractivity contribution is 6.36. The number of benzene rings is 2. The summed E-state index contributed by atoms with van der Waals surface area (Å²) in [5.41, 5.74) is 0.711. The van der Waals surface area contributed by atoms with Crippen molar-refractivity contribution in [3.63, 3.8) is 0 Å². The van der Waals surface area contributed by atoms with Gasteiger partial charge in [0, 0.05) is 24.4 Å². The van der Waals surface area contributed by atoms with Crippen molar-refractivity contribution in [2.24, 2.45) is 0 Å². The Balaban J connectivity index is 1.62. The van der Waals surface area contributed by atoms with Gasteiger partial charge in [0.15, 0.2) is 11.6 Å². The van der Waals surface area contributed by atoms with Crippen molar-refractivity contribution < 1.29 is 23.6 Å². The lowest BCUT2D eigenvalue weighted by Crippen LogP contribution is -2.73. The molecule has 0 radical (unpaired) electrons. The van der Waals surface area contributed by atoms with Gasteiger partial charge in [0.2, 0.25) is 11.5 Å². The van der Waals surface area contributed by atoms with Crippen LogP contribution in [0.1, 0.15) is 33.9 Å². The molecule has 4 rings (SSSR count). The molecule has 2 aromatic carbocycles. The van der Waals surface area contributed by atoms with E-state index in [1.807, 2.05) is 24.3 Å². The molecule has 1 amide bonds. The van der Waals surface area contributed by atoms with E-state index in [1.165, 1.54) is 12.3 Å². The van der Waals surface area contributed by atoms with Crippen LogP contribution in [0, 0.1) is 17.0 Å². The van der Waals surface area contributed by atoms with E-state index in [-0.39, 0.29) is 33.7 Å². The summed E-state index contributed by atoms with van der Waals surface area (Å²) in [5, 5.41) is 11.7. The highest BCUT2D eigenvalue weighted by atomic mass is 35.5. The van der Waals surface area contributed by atoms with Crippen LogP contribution in [0.4, 0.5) is 20.3 Å². The number of ether oxygens (including phenoxy) is 1. The number of halogens is 3. The van der Waals surface area contributed by atoms with Crippen LogP contribution in [-0.4, -0.2) is 23.7 Å². The fourth-order valence-corrected chi connectivity index (χ4v) is 3.73. The summed E-state index contributed by atoms with van der Waals surface area (Å²) in [5.74, 6) is -1.22. The Morgan fingerprint density at radius 1 is 1.23 bits per heavy atom. The molecule has 1 aromatic heterocycles. The SMILES string of the molecule is N=Cc1c([NH2+]c2c(F)cccc2F)ncc(C(=O)N[C@H]2CCOc3ccccc32)c1Cl. The lowest BCUT2D eigenvalue weighted by atomic mass is 10.00. The molecule has 9 heteroatoms. The zero-order valence-electron chi connectivity index (χ0n) is 16.2. The molecule has 0 aliphatic carbocycles. The molecule has 0 spiro atoms. The number of carbonyl (C=O) groups is 1. The second kappa shape index (κ2) is 8.79. The fourth-order valence-electron chi connectivity index (χ4n) is 3.44. The second-order valence-electron chi connectivity index (χ2n) is 6.91.